The van der Waals surface area contributed by atoms with E-state index in [9.17, 15) is 22.8 Å². The molecule has 2 aliphatic rings. The Bertz CT molecular complexity index is 1410. The van der Waals surface area contributed by atoms with Gasteiger partial charge in [-0.1, -0.05) is 18.2 Å². The van der Waals surface area contributed by atoms with Gasteiger partial charge in [0.05, 0.1) is 17.7 Å². The first kappa shape index (κ1) is 25.5. The van der Waals surface area contributed by atoms with Crippen molar-refractivity contribution in [2.45, 2.75) is 44.7 Å². The number of carbonyl (C=O) groups is 2. The van der Waals surface area contributed by atoms with Gasteiger partial charge in [0.1, 0.15) is 5.82 Å². The number of amides is 2. The fourth-order valence-electron chi connectivity index (χ4n) is 5.13. The second-order valence-corrected chi connectivity index (χ2v) is 9.56. The number of benzene rings is 2. The van der Waals surface area contributed by atoms with Gasteiger partial charge in [-0.25, -0.2) is 4.98 Å². The van der Waals surface area contributed by atoms with Gasteiger partial charge in [0.2, 0.25) is 5.91 Å². The van der Waals surface area contributed by atoms with Crippen LogP contribution in [0.5, 0.6) is 0 Å². The standard InChI is InChI=1S/C29H27F3N4O2/c30-29(31,32)20-10-8-18(9-11-20)23-5-1-2-6-24(23)28(38)35-22-12-13-25-19(16-22)14-15-36(25)27(37)17-21-4-3-7-26(33)34-21/h3-4,7-13,16H,1-2,5-6,14-15,17H2,(H2,33,34)(H,35,38). The molecule has 0 radical (unpaired) electrons. The summed E-state index contributed by atoms with van der Waals surface area (Å²) < 4.78 is 38.9. The summed E-state index contributed by atoms with van der Waals surface area (Å²) in [6, 6.07) is 15.7. The second-order valence-electron chi connectivity index (χ2n) is 9.56. The SMILES string of the molecule is Nc1cccc(CC(=O)N2CCc3cc(NC(=O)C4=C(c5ccc(C(F)(F)F)cc5)CCCC4)ccc32)n1. The number of fused-ring (bicyclic) bond motifs is 1. The van der Waals surface area contributed by atoms with E-state index in [0.29, 0.717) is 54.1 Å². The summed E-state index contributed by atoms with van der Waals surface area (Å²) in [5, 5.41) is 2.96. The van der Waals surface area contributed by atoms with Crippen molar-refractivity contribution in [3.05, 3.63) is 88.6 Å². The average Bonchev–Trinajstić information content (AvgIpc) is 3.32. The number of hydrogen-bond acceptors (Lipinski definition) is 4. The van der Waals surface area contributed by atoms with Crippen molar-refractivity contribution in [3.63, 3.8) is 0 Å². The maximum atomic E-state index is 13.3. The third-order valence-corrected chi connectivity index (χ3v) is 7.00. The summed E-state index contributed by atoms with van der Waals surface area (Å²) in [6.07, 6.45) is -0.680. The fraction of sp³-hybridized carbons (Fsp3) is 0.276. The normalized spacial score (nSPS) is 15.4. The predicted molar refractivity (Wildman–Crippen MR) is 140 cm³/mol. The van der Waals surface area contributed by atoms with E-state index < -0.39 is 11.7 Å². The molecule has 2 heterocycles. The zero-order chi connectivity index (χ0) is 26.9. The molecule has 1 aliphatic heterocycles. The minimum Gasteiger partial charge on any atom is -0.384 e. The maximum absolute atomic E-state index is 13.3. The highest BCUT2D eigenvalue weighted by molar-refractivity contribution is 6.09. The topological polar surface area (TPSA) is 88.3 Å². The molecular formula is C29H27F3N4O2. The Kier molecular flexibility index (Phi) is 6.93. The summed E-state index contributed by atoms with van der Waals surface area (Å²) >= 11 is 0. The summed E-state index contributed by atoms with van der Waals surface area (Å²) in [5.74, 6) is 0.0393. The molecule has 38 heavy (non-hydrogen) atoms. The first-order valence-electron chi connectivity index (χ1n) is 12.5. The van der Waals surface area contributed by atoms with Crippen molar-refractivity contribution in [1.29, 1.82) is 0 Å². The van der Waals surface area contributed by atoms with Crippen LogP contribution in [0.15, 0.2) is 66.2 Å². The molecule has 3 N–H and O–H groups in total. The van der Waals surface area contributed by atoms with Crippen LogP contribution in [0.4, 0.5) is 30.4 Å². The summed E-state index contributed by atoms with van der Waals surface area (Å²) in [6.45, 7) is 0.539. The highest BCUT2D eigenvalue weighted by atomic mass is 19.4. The van der Waals surface area contributed by atoms with Gasteiger partial charge in [0, 0.05) is 23.5 Å². The van der Waals surface area contributed by atoms with E-state index in [4.69, 9.17) is 5.73 Å². The molecule has 0 atom stereocenters. The Morgan fingerprint density at radius 3 is 2.47 bits per heavy atom. The number of nitrogens with zero attached hydrogens (tertiary/aromatic N) is 2. The Balaban J connectivity index is 1.31. The van der Waals surface area contributed by atoms with E-state index >= 15 is 0 Å². The monoisotopic (exact) mass is 520 g/mol. The summed E-state index contributed by atoms with van der Waals surface area (Å²) in [5.41, 5.74) is 10.0. The van der Waals surface area contributed by atoms with E-state index in [2.05, 4.69) is 10.3 Å². The molecule has 9 heteroatoms. The molecule has 0 spiro atoms. The van der Waals surface area contributed by atoms with E-state index in [-0.39, 0.29) is 18.2 Å². The Hall–Kier alpha value is -4.14. The molecule has 0 fully saturated rings. The van der Waals surface area contributed by atoms with E-state index in [1.165, 1.54) is 12.1 Å². The summed E-state index contributed by atoms with van der Waals surface area (Å²) in [4.78, 5) is 32.1. The van der Waals surface area contributed by atoms with Crippen molar-refractivity contribution in [2.75, 3.05) is 22.5 Å². The number of nitrogen functional groups attached to an aromatic ring is 1. The minimum absolute atomic E-state index is 0.0767. The lowest BCUT2D eigenvalue weighted by molar-refractivity contribution is -0.137. The van der Waals surface area contributed by atoms with E-state index in [1.807, 2.05) is 12.1 Å². The van der Waals surface area contributed by atoms with Crippen LogP contribution >= 0.6 is 0 Å². The molecule has 0 saturated heterocycles. The predicted octanol–water partition coefficient (Wildman–Crippen LogP) is 5.78. The number of carbonyl (C=O) groups excluding carboxylic acids is 2. The fourth-order valence-corrected chi connectivity index (χ4v) is 5.13. The van der Waals surface area contributed by atoms with E-state index in [0.717, 1.165) is 41.8 Å². The number of aromatic nitrogens is 1. The third-order valence-electron chi connectivity index (χ3n) is 7.00. The number of pyridine rings is 1. The van der Waals surface area contributed by atoms with E-state index in [1.54, 1.807) is 29.2 Å². The smallest absolute Gasteiger partial charge is 0.384 e. The minimum atomic E-state index is -4.40. The largest absolute Gasteiger partial charge is 0.416 e. The second kappa shape index (κ2) is 10.3. The van der Waals surface area contributed by atoms with Crippen molar-refractivity contribution in [3.8, 4) is 0 Å². The molecule has 2 aromatic carbocycles. The summed E-state index contributed by atoms with van der Waals surface area (Å²) in [7, 11) is 0. The zero-order valence-electron chi connectivity index (χ0n) is 20.6. The molecule has 1 aliphatic carbocycles. The number of halogens is 3. The molecule has 6 nitrogen and oxygen atoms in total. The third kappa shape index (κ3) is 5.41. The lowest BCUT2D eigenvalue weighted by Gasteiger charge is -2.21. The molecule has 0 bridgehead atoms. The van der Waals surface area contributed by atoms with Crippen LogP contribution in [-0.4, -0.2) is 23.3 Å². The van der Waals surface area contributed by atoms with Crippen LogP contribution in [0.3, 0.4) is 0 Å². The van der Waals surface area contributed by atoms with Gasteiger partial charge in [0.15, 0.2) is 0 Å². The van der Waals surface area contributed by atoms with Crippen LogP contribution in [0, 0.1) is 0 Å². The van der Waals surface area contributed by atoms with Crippen molar-refractivity contribution in [1.82, 2.24) is 4.98 Å². The van der Waals surface area contributed by atoms with Gasteiger partial charge in [-0.05, 0) is 91.3 Å². The number of rotatable bonds is 5. The quantitative estimate of drug-likeness (QED) is 0.446. The number of alkyl halides is 3. The van der Waals surface area contributed by atoms with Crippen LogP contribution in [-0.2, 0) is 28.6 Å². The number of allylic oxidation sites excluding steroid dienone is 1. The Morgan fingerprint density at radius 2 is 1.74 bits per heavy atom. The van der Waals surface area contributed by atoms with Gasteiger partial charge in [-0.2, -0.15) is 13.2 Å². The molecule has 5 rings (SSSR count). The van der Waals surface area contributed by atoms with Crippen molar-refractivity contribution >= 4 is 34.6 Å². The molecule has 3 aromatic rings. The number of nitrogens with two attached hydrogens (primary N) is 1. The lowest BCUT2D eigenvalue weighted by Crippen LogP contribution is -2.30. The highest BCUT2D eigenvalue weighted by Crippen LogP contribution is 2.36. The first-order valence-corrected chi connectivity index (χ1v) is 12.5. The number of anilines is 3. The number of hydrogen-bond donors (Lipinski definition) is 2. The average molecular weight is 521 g/mol. The molecule has 196 valence electrons. The van der Waals surface area contributed by atoms with Gasteiger partial charge < -0.3 is 16.0 Å². The zero-order valence-corrected chi connectivity index (χ0v) is 20.6. The Labute approximate surface area is 218 Å². The van der Waals surface area contributed by atoms with Crippen molar-refractivity contribution < 1.29 is 22.8 Å². The van der Waals surface area contributed by atoms with Gasteiger partial charge in [0.25, 0.3) is 5.91 Å². The molecule has 2 amide bonds. The van der Waals surface area contributed by atoms with Gasteiger partial charge in [-0.3, -0.25) is 9.59 Å². The van der Waals surface area contributed by atoms with Crippen LogP contribution < -0.4 is 16.0 Å². The first-order chi connectivity index (χ1) is 18.2. The Morgan fingerprint density at radius 1 is 0.974 bits per heavy atom. The highest BCUT2D eigenvalue weighted by Gasteiger charge is 2.30. The molecular weight excluding hydrogens is 493 g/mol. The maximum Gasteiger partial charge on any atom is 0.416 e. The molecule has 0 saturated carbocycles. The van der Waals surface area contributed by atoms with Crippen LogP contribution in [0.2, 0.25) is 0 Å². The van der Waals surface area contributed by atoms with Crippen molar-refractivity contribution in [2.24, 2.45) is 0 Å². The molecule has 0 unspecified atom stereocenters. The lowest BCUT2D eigenvalue weighted by atomic mass is 9.86. The van der Waals surface area contributed by atoms with Gasteiger partial charge >= 0.3 is 6.18 Å². The molecule has 1 aromatic heterocycles. The number of nitrogens with one attached hydrogen (secondary N) is 1. The van der Waals surface area contributed by atoms with Crippen LogP contribution in [0.25, 0.3) is 5.57 Å². The van der Waals surface area contributed by atoms with Crippen LogP contribution in [0.1, 0.15) is 48.1 Å². The van der Waals surface area contributed by atoms with Gasteiger partial charge in [-0.15, -0.1) is 0 Å².